The summed E-state index contributed by atoms with van der Waals surface area (Å²) >= 11 is 1.60. The van der Waals surface area contributed by atoms with Crippen molar-refractivity contribution in [1.82, 2.24) is 9.97 Å². The fourth-order valence-corrected chi connectivity index (χ4v) is 2.81. The molecular formula is C16H14N2O2S. The van der Waals surface area contributed by atoms with E-state index >= 15 is 0 Å². The van der Waals surface area contributed by atoms with Gasteiger partial charge < -0.3 is 10.1 Å². The Morgan fingerprint density at radius 1 is 1.10 bits per heavy atom. The minimum absolute atomic E-state index is 0.0461. The molecule has 0 saturated carbocycles. The Morgan fingerprint density at radius 3 is 2.62 bits per heavy atom. The molecule has 5 heteroatoms. The molecule has 0 spiro atoms. The van der Waals surface area contributed by atoms with Gasteiger partial charge in [0.05, 0.1) is 23.3 Å². The van der Waals surface area contributed by atoms with Crippen molar-refractivity contribution in [2.24, 2.45) is 0 Å². The average Bonchev–Trinajstić information content (AvgIpc) is 2.53. The number of rotatable bonds is 4. The number of benzene rings is 2. The van der Waals surface area contributed by atoms with E-state index in [1.807, 2.05) is 42.5 Å². The van der Waals surface area contributed by atoms with Gasteiger partial charge in [-0.2, -0.15) is 0 Å². The van der Waals surface area contributed by atoms with E-state index in [4.69, 9.17) is 5.11 Å². The van der Waals surface area contributed by atoms with Crippen LogP contribution < -0.4 is 5.56 Å². The van der Waals surface area contributed by atoms with Crippen LogP contribution in [-0.4, -0.2) is 15.1 Å². The highest BCUT2D eigenvalue weighted by Gasteiger charge is 2.04. The minimum Gasteiger partial charge on any atom is -0.392 e. The van der Waals surface area contributed by atoms with Gasteiger partial charge in [-0.05, 0) is 29.8 Å². The fraction of sp³-hybridized carbons (Fsp3) is 0.125. The lowest BCUT2D eigenvalue weighted by molar-refractivity contribution is 0.282. The third-order valence-electron chi connectivity index (χ3n) is 3.14. The van der Waals surface area contributed by atoms with Crippen molar-refractivity contribution in [2.75, 3.05) is 0 Å². The SMILES string of the molecule is O=c1[nH]c(CSc2ccc(CO)cc2)nc2ccccc12. The molecule has 0 atom stereocenters. The highest BCUT2D eigenvalue weighted by molar-refractivity contribution is 7.98. The molecule has 21 heavy (non-hydrogen) atoms. The monoisotopic (exact) mass is 298 g/mol. The van der Waals surface area contributed by atoms with Crippen LogP contribution in [0.25, 0.3) is 10.9 Å². The molecule has 2 N–H and O–H groups in total. The quantitative estimate of drug-likeness (QED) is 0.727. The van der Waals surface area contributed by atoms with E-state index in [9.17, 15) is 4.79 Å². The van der Waals surface area contributed by atoms with Gasteiger partial charge in [-0.3, -0.25) is 4.79 Å². The summed E-state index contributed by atoms with van der Waals surface area (Å²) in [6.07, 6.45) is 0. The molecule has 3 aromatic rings. The number of H-pyrrole nitrogens is 1. The molecule has 0 unspecified atom stereocenters. The Hall–Kier alpha value is -2.11. The second kappa shape index (κ2) is 6.11. The summed E-state index contributed by atoms with van der Waals surface area (Å²) in [4.78, 5) is 20.3. The number of aromatic nitrogens is 2. The van der Waals surface area contributed by atoms with Crippen LogP contribution >= 0.6 is 11.8 Å². The van der Waals surface area contributed by atoms with Gasteiger partial charge in [-0.15, -0.1) is 11.8 Å². The Labute approximate surface area is 125 Å². The van der Waals surface area contributed by atoms with E-state index < -0.39 is 0 Å². The van der Waals surface area contributed by atoms with Gasteiger partial charge in [0.2, 0.25) is 0 Å². The van der Waals surface area contributed by atoms with Crippen LogP contribution in [-0.2, 0) is 12.4 Å². The molecule has 3 rings (SSSR count). The van der Waals surface area contributed by atoms with Crippen LogP contribution in [0.15, 0.2) is 58.2 Å². The van der Waals surface area contributed by atoms with Crippen LogP contribution in [0.3, 0.4) is 0 Å². The van der Waals surface area contributed by atoms with Gasteiger partial charge >= 0.3 is 0 Å². The molecule has 4 nitrogen and oxygen atoms in total. The van der Waals surface area contributed by atoms with Crippen molar-refractivity contribution >= 4 is 22.7 Å². The van der Waals surface area contributed by atoms with Crippen LogP contribution in [0.2, 0.25) is 0 Å². The highest BCUT2D eigenvalue weighted by atomic mass is 32.2. The molecule has 1 aromatic heterocycles. The van der Waals surface area contributed by atoms with Crippen LogP contribution in [0, 0.1) is 0 Å². The van der Waals surface area contributed by atoms with E-state index in [-0.39, 0.29) is 12.2 Å². The van der Waals surface area contributed by atoms with Crippen molar-refractivity contribution in [3.8, 4) is 0 Å². The summed E-state index contributed by atoms with van der Waals surface area (Å²) < 4.78 is 0. The molecule has 0 radical (unpaired) electrons. The van der Waals surface area contributed by atoms with E-state index in [1.54, 1.807) is 17.8 Å². The second-order valence-corrected chi connectivity index (χ2v) is 5.67. The maximum atomic E-state index is 12.0. The summed E-state index contributed by atoms with van der Waals surface area (Å²) in [6.45, 7) is 0.0461. The lowest BCUT2D eigenvalue weighted by Gasteiger charge is -2.04. The molecule has 0 fully saturated rings. The standard InChI is InChI=1S/C16H14N2O2S/c19-9-11-5-7-12(8-6-11)21-10-15-17-14-4-2-1-3-13(14)16(20)18-15/h1-8,19H,9-10H2,(H,17,18,20). The van der Waals surface area contributed by atoms with Crippen molar-refractivity contribution in [2.45, 2.75) is 17.3 Å². The molecular weight excluding hydrogens is 284 g/mol. The Kier molecular flexibility index (Phi) is 4.03. The fourth-order valence-electron chi connectivity index (χ4n) is 2.05. The maximum absolute atomic E-state index is 12.0. The molecule has 0 bridgehead atoms. The van der Waals surface area contributed by atoms with Crippen LogP contribution in [0.5, 0.6) is 0 Å². The number of nitrogens with zero attached hydrogens (tertiary/aromatic N) is 1. The number of aliphatic hydroxyl groups is 1. The van der Waals surface area contributed by atoms with Crippen molar-refractivity contribution in [1.29, 1.82) is 0 Å². The molecule has 2 aromatic carbocycles. The van der Waals surface area contributed by atoms with Gasteiger partial charge in [0, 0.05) is 4.90 Å². The highest BCUT2D eigenvalue weighted by Crippen LogP contribution is 2.21. The summed E-state index contributed by atoms with van der Waals surface area (Å²) in [5, 5.41) is 9.62. The van der Waals surface area contributed by atoms with Gasteiger partial charge in [0.25, 0.3) is 5.56 Å². The number of nitrogens with one attached hydrogen (secondary N) is 1. The minimum atomic E-state index is -0.105. The number of aromatic amines is 1. The van der Waals surface area contributed by atoms with Crippen molar-refractivity contribution in [3.05, 3.63) is 70.3 Å². The number of fused-ring (bicyclic) bond motifs is 1. The first kappa shape index (κ1) is 13.9. The van der Waals surface area contributed by atoms with Gasteiger partial charge in [0.15, 0.2) is 0 Å². The summed E-state index contributed by atoms with van der Waals surface area (Å²) in [5.74, 6) is 1.26. The lowest BCUT2D eigenvalue weighted by atomic mass is 10.2. The van der Waals surface area contributed by atoms with Crippen LogP contribution in [0.1, 0.15) is 11.4 Å². The normalized spacial score (nSPS) is 10.9. The van der Waals surface area contributed by atoms with Gasteiger partial charge in [0.1, 0.15) is 5.82 Å². The number of para-hydroxylation sites is 1. The Balaban J connectivity index is 1.80. The van der Waals surface area contributed by atoms with E-state index in [0.717, 1.165) is 10.5 Å². The third-order valence-corrected chi connectivity index (χ3v) is 4.17. The Bertz CT molecular complexity index is 812. The zero-order valence-corrected chi connectivity index (χ0v) is 12.1. The number of thioether (sulfide) groups is 1. The number of hydrogen-bond acceptors (Lipinski definition) is 4. The molecule has 0 amide bonds. The topological polar surface area (TPSA) is 66.0 Å². The predicted octanol–water partition coefficient (Wildman–Crippen LogP) is 2.71. The molecule has 1 heterocycles. The lowest BCUT2D eigenvalue weighted by Crippen LogP contribution is -2.11. The van der Waals surface area contributed by atoms with Crippen LogP contribution in [0.4, 0.5) is 0 Å². The van der Waals surface area contributed by atoms with E-state index in [0.29, 0.717) is 22.5 Å². The first-order chi connectivity index (χ1) is 10.3. The summed E-state index contributed by atoms with van der Waals surface area (Å²) in [7, 11) is 0. The molecule has 0 aliphatic rings. The zero-order chi connectivity index (χ0) is 14.7. The first-order valence-electron chi connectivity index (χ1n) is 6.57. The molecule has 0 aliphatic heterocycles. The molecule has 0 saturated heterocycles. The summed E-state index contributed by atoms with van der Waals surface area (Å²) in [5.41, 5.74) is 1.50. The molecule has 106 valence electrons. The molecule has 0 aliphatic carbocycles. The van der Waals surface area contributed by atoms with E-state index in [2.05, 4.69) is 9.97 Å². The van der Waals surface area contributed by atoms with Gasteiger partial charge in [-0.1, -0.05) is 24.3 Å². The number of hydrogen-bond donors (Lipinski definition) is 2. The largest absolute Gasteiger partial charge is 0.392 e. The van der Waals surface area contributed by atoms with Gasteiger partial charge in [-0.25, -0.2) is 4.98 Å². The first-order valence-corrected chi connectivity index (χ1v) is 7.55. The average molecular weight is 298 g/mol. The predicted molar refractivity (Wildman–Crippen MR) is 84.3 cm³/mol. The summed E-state index contributed by atoms with van der Waals surface area (Å²) in [6, 6.07) is 15.0. The maximum Gasteiger partial charge on any atom is 0.258 e. The van der Waals surface area contributed by atoms with E-state index in [1.165, 1.54) is 0 Å². The third kappa shape index (κ3) is 3.15. The zero-order valence-electron chi connectivity index (χ0n) is 11.2. The Morgan fingerprint density at radius 2 is 1.86 bits per heavy atom. The second-order valence-electron chi connectivity index (χ2n) is 4.62. The smallest absolute Gasteiger partial charge is 0.258 e. The van der Waals surface area contributed by atoms with Crippen molar-refractivity contribution < 1.29 is 5.11 Å². The number of aliphatic hydroxyl groups excluding tert-OH is 1. The van der Waals surface area contributed by atoms with Crippen molar-refractivity contribution in [3.63, 3.8) is 0 Å².